The number of rotatable bonds is 1. The Bertz CT molecular complexity index is 193. The molecule has 4 heteroatoms. The number of hydrogen-bond donors (Lipinski definition) is 2. The summed E-state index contributed by atoms with van der Waals surface area (Å²) in [6.45, 7) is 1.77. The molecule has 12 heavy (non-hydrogen) atoms. The number of hydrogen-bond acceptors (Lipinski definition) is 3. The van der Waals surface area contributed by atoms with E-state index in [1.165, 1.54) is 0 Å². The van der Waals surface area contributed by atoms with Crippen molar-refractivity contribution in [2.24, 2.45) is 23.6 Å². The SMILES string of the molecule is NN1CC2CC(C(=O)O)CC2C1. The Morgan fingerprint density at radius 3 is 2.25 bits per heavy atom. The molecule has 1 heterocycles. The second-order valence-electron chi connectivity index (χ2n) is 3.98. The van der Waals surface area contributed by atoms with E-state index in [0.717, 1.165) is 25.9 Å². The van der Waals surface area contributed by atoms with Crippen LogP contribution in [-0.4, -0.2) is 29.2 Å². The fourth-order valence-electron chi connectivity index (χ4n) is 2.54. The zero-order valence-corrected chi connectivity index (χ0v) is 6.94. The van der Waals surface area contributed by atoms with Crippen LogP contribution in [0.4, 0.5) is 0 Å². The Morgan fingerprint density at radius 1 is 1.33 bits per heavy atom. The molecule has 0 spiro atoms. The van der Waals surface area contributed by atoms with Crippen molar-refractivity contribution in [3.8, 4) is 0 Å². The standard InChI is InChI=1S/C8H14N2O2/c9-10-3-6-1-5(8(11)12)2-7(6)4-10/h5-7H,1-4,9H2,(H,11,12). The molecule has 3 N–H and O–H groups in total. The van der Waals surface area contributed by atoms with Gasteiger partial charge >= 0.3 is 5.97 Å². The topological polar surface area (TPSA) is 66.6 Å². The summed E-state index contributed by atoms with van der Waals surface area (Å²) in [6, 6.07) is 0. The number of hydrazine groups is 1. The minimum Gasteiger partial charge on any atom is -0.481 e. The smallest absolute Gasteiger partial charge is 0.306 e. The van der Waals surface area contributed by atoms with Crippen LogP contribution in [0, 0.1) is 17.8 Å². The Hall–Kier alpha value is -0.610. The molecule has 0 aromatic heterocycles. The normalized spacial score (nSPS) is 41.6. The fourth-order valence-corrected chi connectivity index (χ4v) is 2.54. The van der Waals surface area contributed by atoms with Crippen LogP contribution in [0.5, 0.6) is 0 Å². The zero-order valence-electron chi connectivity index (χ0n) is 6.94. The molecule has 2 fully saturated rings. The van der Waals surface area contributed by atoms with Gasteiger partial charge in [0.15, 0.2) is 0 Å². The van der Waals surface area contributed by atoms with Gasteiger partial charge < -0.3 is 5.11 Å². The molecule has 0 aromatic rings. The average Bonchev–Trinajstić information content (AvgIpc) is 2.42. The van der Waals surface area contributed by atoms with Crippen molar-refractivity contribution >= 4 is 5.97 Å². The number of carboxylic acid groups (broad SMARTS) is 1. The van der Waals surface area contributed by atoms with Gasteiger partial charge in [-0.25, -0.2) is 5.01 Å². The van der Waals surface area contributed by atoms with Crippen LogP contribution in [0.3, 0.4) is 0 Å². The van der Waals surface area contributed by atoms with E-state index < -0.39 is 5.97 Å². The van der Waals surface area contributed by atoms with Gasteiger partial charge in [-0.2, -0.15) is 0 Å². The molecule has 2 atom stereocenters. The van der Waals surface area contributed by atoms with E-state index in [-0.39, 0.29) is 5.92 Å². The van der Waals surface area contributed by atoms with Gasteiger partial charge in [-0.1, -0.05) is 0 Å². The van der Waals surface area contributed by atoms with Crippen molar-refractivity contribution < 1.29 is 9.90 Å². The van der Waals surface area contributed by atoms with E-state index in [2.05, 4.69) is 0 Å². The maximum absolute atomic E-state index is 10.7. The number of aliphatic carboxylic acids is 1. The molecular weight excluding hydrogens is 156 g/mol. The van der Waals surface area contributed by atoms with Crippen molar-refractivity contribution in [1.29, 1.82) is 0 Å². The lowest BCUT2D eigenvalue weighted by molar-refractivity contribution is -0.141. The largest absolute Gasteiger partial charge is 0.481 e. The molecule has 68 valence electrons. The highest BCUT2D eigenvalue weighted by Crippen LogP contribution is 2.40. The third-order valence-corrected chi connectivity index (χ3v) is 3.13. The third-order valence-electron chi connectivity index (χ3n) is 3.13. The van der Waals surface area contributed by atoms with Gasteiger partial charge in [-0.05, 0) is 24.7 Å². The van der Waals surface area contributed by atoms with Gasteiger partial charge in [-0.15, -0.1) is 0 Å². The molecule has 1 saturated carbocycles. The van der Waals surface area contributed by atoms with E-state index in [9.17, 15) is 4.79 Å². The van der Waals surface area contributed by atoms with Crippen LogP contribution in [0.1, 0.15) is 12.8 Å². The van der Waals surface area contributed by atoms with E-state index in [4.69, 9.17) is 10.9 Å². The lowest BCUT2D eigenvalue weighted by atomic mass is 10.0. The lowest BCUT2D eigenvalue weighted by Crippen LogP contribution is -2.29. The van der Waals surface area contributed by atoms with E-state index in [0.29, 0.717) is 11.8 Å². The van der Waals surface area contributed by atoms with Gasteiger partial charge in [0.2, 0.25) is 0 Å². The van der Waals surface area contributed by atoms with Crippen molar-refractivity contribution in [3.05, 3.63) is 0 Å². The Morgan fingerprint density at radius 2 is 1.83 bits per heavy atom. The van der Waals surface area contributed by atoms with Gasteiger partial charge in [0, 0.05) is 13.1 Å². The molecule has 2 unspecified atom stereocenters. The van der Waals surface area contributed by atoms with Crippen molar-refractivity contribution in [2.45, 2.75) is 12.8 Å². The number of fused-ring (bicyclic) bond motifs is 1. The summed E-state index contributed by atoms with van der Waals surface area (Å²) in [4.78, 5) is 10.7. The van der Waals surface area contributed by atoms with Crippen molar-refractivity contribution in [1.82, 2.24) is 5.01 Å². The molecule has 0 aromatic carbocycles. The maximum Gasteiger partial charge on any atom is 0.306 e. The van der Waals surface area contributed by atoms with E-state index in [1.807, 2.05) is 5.01 Å². The quantitative estimate of drug-likeness (QED) is 0.539. The summed E-state index contributed by atoms with van der Waals surface area (Å²) in [5.41, 5.74) is 0. The highest BCUT2D eigenvalue weighted by Gasteiger charge is 2.42. The molecule has 0 bridgehead atoms. The summed E-state index contributed by atoms with van der Waals surface area (Å²) in [6.07, 6.45) is 1.65. The minimum absolute atomic E-state index is 0.103. The second-order valence-corrected chi connectivity index (χ2v) is 3.98. The second kappa shape index (κ2) is 2.71. The Balaban J connectivity index is 1.98. The monoisotopic (exact) mass is 170 g/mol. The fraction of sp³-hybridized carbons (Fsp3) is 0.875. The van der Waals surface area contributed by atoms with Crippen LogP contribution in [-0.2, 0) is 4.79 Å². The maximum atomic E-state index is 10.7. The number of carboxylic acids is 1. The molecule has 1 saturated heterocycles. The van der Waals surface area contributed by atoms with Crippen LogP contribution >= 0.6 is 0 Å². The summed E-state index contributed by atoms with van der Waals surface area (Å²) < 4.78 is 0. The highest BCUT2D eigenvalue weighted by molar-refractivity contribution is 5.70. The summed E-state index contributed by atoms with van der Waals surface area (Å²) in [5.74, 6) is 5.97. The van der Waals surface area contributed by atoms with Gasteiger partial charge in [0.25, 0.3) is 0 Å². The van der Waals surface area contributed by atoms with Crippen molar-refractivity contribution in [3.63, 3.8) is 0 Å². The number of nitrogens with two attached hydrogens (primary N) is 1. The lowest BCUT2D eigenvalue weighted by Gasteiger charge is -2.10. The molecule has 2 rings (SSSR count). The van der Waals surface area contributed by atoms with Crippen LogP contribution in [0.15, 0.2) is 0 Å². The van der Waals surface area contributed by atoms with Crippen LogP contribution in [0.25, 0.3) is 0 Å². The van der Waals surface area contributed by atoms with E-state index >= 15 is 0 Å². The minimum atomic E-state index is -0.632. The molecule has 2 aliphatic rings. The first-order chi connectivity index (χ1) is 5.66. The summed E-state index contributed by atoms with van der Waals surface area (Å²) in [5, 5.41) is 10.6. The first kappa shape index (κ1) is 8.01. The first-order valence-electron chi connectivity index (χ1n) is 4.39. The predicted molar refractivity (Wildman–Crippen MR) is 43.1 cm³/mol. The van der Waals surface area contributed by atoms with Gasteiger partial charge in [-0.3, -0.25) is 10.6 Å². The van der Waals surface area contributed by atoms with E-state index in [1.54, 1.807) is 0 Å². The third kappa shape index (κ3) is 1.21. The Kier molecular flexibility index (Phi) is 1.81. The zero-order chi connectivity index (χ0) is 8.72. The molecule has 4 nitrogen and oxygen atoms in total. The number of nitrogens with zero attached hydrogens (tertiary/aromatic N) is 1. The molecule has 0 amide bonds. The molecular formula is C8H14N2O2. The highest BCUT2D eigenvalue weighted by atomic mass is 16.4. The predicted octanol–water partition coefficient (Wildman–Crippen LogP) is -0.0973. The van der Waals surface area contributed by atoms with Crippen LogP contribution < -0.4 is 5.84 Å². The average molecular weight is 170 g/mol. The summed E-state index contributed by atoms with van der Waals surface area (Å²) >= 11 is 0. The van der Waals surface area contributed by atoms with Gasteiger partial charge in [0.1, 0.15) is 0 Å². The first-order valence-corrected chi connectivity index (χ1v) is 4.39. The molecule has 0 radical (unpaired) electrons. The molecule has 1 aliphatic heterocycles. The van der Waals surface area contributed by atoms with Crippen LogP contribution in [0.2, 0.25) is 0 Å². The van der Waals surface area contributed by atoms with Gasteiger partial charge in [0.05, 0.1) is 5.92 Å². The Labute approximate surface area is 71.3 Å². The van der Waals surface area contributed by atoms with Crippen molar-refractivity contribution in [2.75, 3.05) is 13.1 Å². The number of carbonyl (C=O) groups is 1. The summed E-state index contributed by atoms with van der Waals surface area (Å²) in [7, 11) is 0. The molecule has 1 aliphatic carbocycles.